The van der Waals surface area contributed by atoms with Crippen LogP contribution >= 0.6 is 0 Å². The van der Waals surface area contributed by atoms with Crippen LogP contribution in [0.3, 0.4) is 0 Å². The summed E-state index contributed by atoms with van der Waals surface area (Å²) in [5.41, 5.74) is 10.4. The quantitative estimate of drug-likeness (QED) is 0.180. The molecule has 0 amide bonds. The van der Waals surface area contributed by atoms with Gasteiger partial charge in [0.15, 0.2) is 17.5 Å². The first-order valence-corrected chi connectivity index (χ1v) is 16.3. The van der Waals surface area contributed by atoms with Crippen LogP contribution in [0.4, 0.5) is 0 Å². The Kier molecular flexibility index (Phi) is 5.79. The molecule has 0 unspecified atom stereocenters. The fraction of sp³-hybridized carbons (Fsp3) is 0.0714. The van der Waals surface area contributed by atoms with Crippen LogP contribution in [0.5, 0.6) is 0 Å². The minimum atomic E-state index is -0.164. The van der Waals surface area contributed by atoms with Gasteiger partial charge < -0.3 is 0 Å². The van der Waals surface area contributed by atoms with Crippen molar-refractivity contribution in [3.8, 4) is 45.6 Å². The highest BCUT2D eigenvalue weighted by molar-refractivity contribution is 6.04. The van der Waals surface area contributed by atoms with Gasteiger partial charge >= 0.3 is 0 Å². The molecule has 5 heterocycles. The van der Waals surface area contributed by atoms with Crippen molar-refractivity contribution in [2.24, 2.45) is 0 Å². The average molecular weight is 630 g/mol. The maximum atomic E-state index is 5.10. The van der Waals surface area contributed by atoms with Crippen LogP contribution in [-0.2, 0) is 5.41 Å². The Labute approximate surface area is 281 Å². The molecule has 0 radical (unpaired) electrons. The van der Waals surface area contributed by atoms with Crippen molar-refractivity contribution in [1.82, 2.24) is 34.9 Å². The van der Waals surface area contributed by atoms with E-state index in [1.807, 2.05) is 36.4 Å². The monoisotopic (exact) mass is 629 g/mol. The summed E-state index contributed by atoms with van der Waals surface area (Å²) in [6, 6.07) is 39.5. The second-order valence-corrected chi connectivity index (χ2v) is 13.1. The first-order chi connectivity index (χ1) is 24.0. The Hall–Kier alpha value is -6.47. The Morgan fingerprint density at radius 3 is 1.53 bits per heavy atom. The Morgan fingerprint density at radius 1 is 0.408 bits per heavy atom. The molecule has 7 heteroatoms. The van der Waals surface area contributed by atoms with Gasteiger partial charge in [0, 0.05) is 44.9 Å². The van der Waals surface area contributed by atoms with E-state index in [4.69, 9.17) is 24.9 Å². The Balaban J connectivity index is 1.20. The molecular weight excluding hydrogens is 603 g/mol. The van der Waals surface area contributed by atoms with Crippen LogP contribution in [0.25, 0.3) is 89.2 Å². The third-order valence-corrected chi connectivity index (χ3v) is 9.80. The zero-order valence-corrected chi connectivity index (χ0v) is 26.8. The standard InChI is InChI=1S/C42H27N7/c1-42(2)31-10-4-3-9-29(31)30-18-15-28(23-32(30)42)39-47-40(33-19-16-26-13-11-24-7-5-21-43-35(24)37(26)45-33)49-41(48-39)34-20-17-27-14-12-25-8-6-22-44-36(25)38(27)46-34/h3-23H,1-2H3. The molecule has 0 bridgehead atoms. The lowest BCUT2D eigenvalue weighted by molar-refractivity contribution is 0.660. The summed E-state index contributed by atoms with van der Waals surface area (Å²) in [7, 11) is 0. The smallest absolute Gasteiger partial charge is 0.182 e. The number of pyridine rings is 4. The number of benzene rings is 4. The van der Waals surface area contributed by atoms with Crippen molar-refractivity contribution < 1.29 is 0 Å². The molecule has 0 saturated carbocycles. The predicted molar refractivity (Wildman–Crippen MR) is 195 cm³/mol. The molecule has 1 aliphatic rings. The summed E-state index contributed by atoms with van der Waals surface area (Å²) in [4.78, 5) is 34.7. The van der Waals surface area contributed by atoms with Gasteiger partial charge in [0.05, 0.1) is 22.1 Å². The average Bonchev–Trinajstić information content (AvgIpc) is 3.39. The summed E-state index contributed by atoms with van der Waals surface area (Å²) in [6.45, 7) is 4.56. The van der Waals surface area contributed by atoms with Crippen molar-refractivity contribution >= 4 is 43.6 Å². The second kappa shape index (κ2) is 10.3. The van der Waals surface area contributed by atoms with E-state index in [1.54, 1.807) is 12.4 Å². The molecule has 0 saturated heterocycles. The Bertz CT molecular complexity index is 2690. The van der Waals surface area contributed by atoms with Crippen LogP contribution in [0.2, 0.25) is 0 Å². The van der Waals surface area contributed by atoms with E-state index in [1.165, 1.54) is 22.3 Å². The summed E-state index contributed by atoms with van der Waals surface area (Å²) >= 11 is 0. The van der Waals surface area contributed by atoms with Gasteiger partial charge in [0.1, 0.15) is 11.4 Å². The molecule has 4 aromatic carbocycles. The number of aromatic nitrogens is 7. The highest BCUT2D eigenvalue weighted by Crippen LogP contribution is 2.49. The van der Waals surface area contributed by atoms with E-state index < -0.39 is 0 Å². The summed E-state index contributed by atoms with van der Waals surface area (Å²) < 4.78 is 0. The van der Waals surface area contributed by atoms with Gasteiger partial charge in [0.2, 0.25) is 0 Å². The largest absolute Gasteiger partial charge is 0.254 e. The molecule has 49 heavy (non-hydrogen) atoms. The third-order valence-electron chi connectivity index (χ3n) is 9.80. The zero-order chi connectivity index (χ0) is 32.7. The summed E-state index contributed by atoms with van der Waals surface area (Å²) in [6.07, 6.45) is 3.60. The van der Waals surface area contributed by atoms with Crippen molar-refractivity contribution in [1.29, 1.82) is 0 Å². The number of fused-ring (bicyclic) bond motifs is 9. The van der Waals surface area contributed by atoms with Crippen molar-refractivity contribution in [2.45, 2.75) is 19.3 Å². The molecule has 10 rings (SSSR count). The first-order valence-electron chi connectivity index (χ1n) is 16.3. The van der Waals surface area contributed by atoms with E-state index in [2.05, 4.69) is 103 Å². The molecule has 9 aromatic rings. The van der Waals surface area contributed by atoms with Gasteiger partial charge in [-0.05, 0) is 52.6 Å². The number of rotatable bonds is 3. The molecule has 0 aliphatic heterocycles. The zero-order valence-electron chi connectivity index (χ0n) is 26.8. The van der Waals surface area contributed by atoms with Crippen LogP contribution in [0, 0.1) is 0 Å². The minimum absolute atomic E-state index is 0.164. The van der Waals surface area contributed by atoms with E-state index in [9.17, 15) is 0 Å². The summed E-state index contributed by atoms with van der Waals surface area (Å²) in [5.74, 6) is 1.50. The molecule has 1 aliphatic carbocycles. The molecule has 0 fully saturated rings. The molecule has 0 N–H and O–H groups in total. The highest BCUT2D eigenvalue weighted by Gasteiger charge is 2.35. The number of hydrogen-bond donors (Lipinski definition) is 0. The molecule has 230 valence electrons. The van der Waals surface area contributed by atoms with Crippen LogP contribution < -0.4 is 0 Å². The lowest BCUT2D eigenvalue weighted by atomic mass is 9.82. The number of hydrogen-bond acceptors (Lipinski definition) is 7. The van der Waals surface area contributed by atoms with E-state index in [0.717, 1.165) is 49.2 Å². The molecule has 0 atom stereocenters. The van der Waals surface area contributed by atoms with Crippen molar-refractivity contribution in [3.63, 3.8) is 0 Å². The van der Waals surface area contributed by atoms with Gasteiger partial charge in [0.25, 0.3) is 0 Å². The fourth-order valence-corrected chi connectivity index (χ4v) is 7.27. The predicted octanol–water partition coefficient (Wildman–Crippen LogP) is 9.37. The molecule has 5 aromatic heterocycles. The second-order valence-electron chi connectivity index (χ2n) is 13.1. The van der Waals surface area contributed by atoms with Crippen LogP contribution in [0.15, 0.2) is 128 Å². The third kappa shape index (κ3) is 4.25. The molecule has 0 spiro atoms. The van der Waals surface area contributed by atoms with Crippen molar-refractivity contribution in [2.75, 3.05) is 0 Å². The maximum Gasteiger partial charge on any atom is 0.182 e. The topological polar surface area (TPSA) is 90.2 Å². The SMILES string of the molecule is CC1(C)c2ccccc2-c2ccc(-c3nc(-c4ccc5ccc6cccnc6c5n4)nc(-c4ccc5ccc6cccnc6c5n4)n3)cc21. The normalized spacial score (nSPS) is 13.3. The van der Waals surface area contributed by atoms with Gasteiger partial charge in [-0.15, -0.1) is 0 Å². The molecule has 7 nitrogen and oxygen atoms in total. The summed E-state index contributed by atoms with van der Waals surface area (Å²) in [5, 5.41) is 4.06. The number of nitrogens with zero attached hydrogens (tertiary/aromatic N) is 7. The molecular formula is C42H27N7. The minimum Gasteiger partial charge on any atom is -0.254 e. The first kappa shape index (κ1) is 27.6. The van der Waals surface area contributed by atoms with Crippen molar-refractivity contribution in [3.05, 3.63) is 139 Å². The van der Waals surface area contributed by atoms with Gasteiger partial charge in [-0.2, -0.15) is 0 Å². The fourth-order valence-electron chi connectivity index (χ4n) is 7.27. The Morgan fingerprint density at radius 2 is 0.918 bits per heavy atom. The maximum absolute atomic E-state index is 5.10. The van der Waals surface area contributed by atoms with Crippen LogP contribution in [0.1, 0.15) is 25.0 Å². The van der Waals surface area contributed by atoms with E-state index in [-0.39, 0.29) is 5.41 Å². The lowest BCUT2D eigenvalue weighted by Gasteiger charge is -2.21. The van der Waals surface area contributed by atoms with Gasteiger partial charge in [-0.25, -0.2) is 24.9 Å². The van der Waals surface area contributed by atoms with E-state index >= 15 is 0 Å². The van der Waals surface area contributed by atoms with E-state index in [0.29, 0.717) is 28.9 Å². The van der Waals surface area contributed by atoms with Gasteiger partial charge in [-0.1, -0.05) is 98.8 Å². The van der Waals surface area contributed by atoms with Gasteiger partial charge in [-0.3, -0.25) is 9.97 Å². The lowest BCUT2D eigenvalue weighted by Crippen LogP contribution is -2.15. The highest BCUT2D eigenvalue weighted by atomic mass is 15.1. The van der Waals surface area contributed by atoms with Crippen LogP contribution in [-0.4, -0.2) is 34.9 Å².